The number of benzene rings is 1. The predicted octanol–water partition coefficient (Wildman–Crippen LogP) is 2.58. The quantitative estimate of drug-likeness (QED) is 0.841. The number of hydrogen-bond donors (Lipinski definition) is 1. The summed E-state index contributed by atoms with van der Waals surface area (Å²) < 4.78 is 6.62. The molecule has 0 radical (unpaired) electrons. The third kappa shape index (κ3) is 5.34. The molecule has 88 valence electrons. The van der Waals surface area contributed by atoms with Crippen molar-refractivity contribution in [1.29, 1.82) is 0 Å². The second-order valence-electron chi connectivity index (χ2n) is 3.77. The molecule has 0 aliphatic rings. The van der Waals surface area contributed by atoms with Crippen LogP contribution < -0.4 is 10.1 Å². The van der Waals surface area contributed by atoms with Gasteiger partial charge in [-0.15, -0.1) is 0 Å². The number of ether oxygens (including phenoxy) is 1. The van der Waals surface area contributed by atoms with Gasteiger partial charge in [0, 0.05) is 9.61 Å². The fraction of sp³-hybridized carbons (Fsp3) is 0.417. The summed E-state index contributed by atoms with van der Waals surface area (Å²) in [4.78, 5) is 11.3. The molecule has 1 N–H and O–H groups in total. The van der Waals surface area contributed by atoms with Gasteiger partial charge in [-0.3, -0.25) is 4.79 Å². The lowest BCUT2D eigenvalue weighted by atomic mass is 10.3. The van der Waals surface area contributed by atoms with Crippen molar-refractivity contribution in [2.24, 2.45) is 0 Å². The number of hydrogen-bond acceptors (Lipinski definition) is 2. The van der Waals surface area contributed by atoms with Crippen LogP contribution in [0.15, 0.2) is 24.3 Å². The lowest BCUT2D eigenvalue weighted by Crippen LogP contribution is -2.31. The molecule has 0 saturated carbocycles. The number of halogens is 1. The molecule has 0 aromatic heterocycles. The predicted molar refractivity (Wildman–Crippen MR) is 72.5 cm³/mol. The van der Waals surface area contributed by atoms with E-state index in [4.69, 9.17) is 4.74 Å². The Bertz CT molecular complexity index is 335. The number of rotatable bonds is 5. The maximum Gasteiger partial charge on any atom is 0.223 e. The minimum Gasteiger partial charge on any atom is -0.493 e. The lowest BCUT2D eigenvalue weighted by Gasteiger charge is -2.09. The fourth-order valence-electron chi connectivity index (χ4n) is 1.19. The highest BCUT2D eigenvalue weighted by Crippen LogP contribution is 2.13. The first-order chi connectivity index (χ1) is 7.58. The summed E-state index contributed by atoms with van der Waals surface area (Å²) in [5.41, 5.74) is 0. The average Bonchev–Trinajstić information content (AvgIpc) is 2.20. The maximum absolute atomic E-state index is 11.3. The fourth-order valence-corrected chi connectivity index (χ4v) is 1.55. The number of nitrogens with one attached hydrogen (secondary N) is 1. The van der Waals surface area contributed by atoms with Gasteiger partial charge in [-0.25, -0.2) is 0 Å². The zero-order valence-electron chi connectivity index (χ0n) is 9.50. The molecule has 0 aliphatic carbocycles. The van der Waals surface area contributed by atoms with E-state index in [1.54, 1.807) is 0 Å². The summed E-state index contributed by atoms with van der Waals surface area (Å²) in [6.07, 6.45) is 0.393. The Morgan fingerprint density at radius 1 is 1.38 bits per heavy atom. The van der Waals surface area contributed by atoms with E-state index in [1.807, 2.05) is 38.1 Å². The topological polar surface area (TPSA) is 38.3 Å². The highest BCUT2D eigenvalue weighted by Gasteiger charge is 2.03. The van der Waals surface area contributed by atoms with Gasteiger partial charge in [-0.1, -0.05) is 0 Å². The van der Waals surface area contributed by atoms with Crippen molar-refractivity contribution in [3.63, 3.8) is 0 Å². The Balaban J connectivity index is 2.25. The summed E-state index contributed by atoms with van der Waals surface area (Å²) in [7, 11) is 0. The first-order valence-corrected chi connectivity index (χ1v) is 6.33. The molecule has 0 bridgehead atoms. The van der Waals surface area contributed by atoms with Crippen molar-refractivity contribution in [2.75, 3.05) is 6.61 Å². The van der Waals surface area contributed by atoms with E-state index in [0.717, 1.165) is 5.75 Å². The van der Waals surface area contributed by atoms with Crippen LogP contribution in [0.1, 0.15) is 20.3 Å². The van der Waals surface area contributed by atoms with E-state index in [2.05, 4.69) is 27.9 Å². The molecule has 1 aromatic rings. The molecule has 0 atom stereocenters. The van der Waals surface area contributed by atoms with Gasteiger partial charge in [0.2, 0.25) is 5.91 Å². The smallest absolute Gasteiger partial charge is 0.223 e. The number of carbonyl (C=O) groups excluding carboxylic acids is 1. The zero-order chi connectivity index (χ0) is 12.0. The molecule has 0 fully saturated rings. The second kappa shape index (κ2) is 6.73. The van der Waals surface area contributed by atoms with E-state index in [0.29, 0.717) is 13.0 Å². The van der Waals surface area contributed by atoms with Crippen LogP contribution in [0.2, 0.25) is 0 Å². The van der Waals surface area contributed by atoms with Crippen LogP contribution in [-0.4, -0.2) is 18.6 Å². The molecule has 16 heavy (non-hydrogen) atoms. The molecule has 0 aliphatic heterocycles. The van der Waals surface area contributed by atoms with Gasteiger partial charge >= 0.3 is 0 Å². The van der Waals surface area contributed by atoms with Crippen LogP contribution in [0.3, 0.4) is 0 Å². The van der Waals surface area contributed by atoms with Gasteiger partial charge in [0.1, 0.15) is 5.75 Å². The second-order valence-corrected chi connectivity index (χ2v) is 5.02. The third-order valence-electron chi connectivity index (χ3n) is 1.86. The van der Waals surface area contributed by atoms with E-state index < -0.39 is 0 Å². The SMILES string of the molecule is CC(C)NC(=O)CCOc1ccc(I)cc1. The van der Waals surface area contributed by atoms with Gasteiger partial charge in [0.05, 0.1) is 13.0 Å². The summed E-state index contributed by atoms with van der Waals surface area (Å²) in [6, 6.07) is 7.95. The molecular weight excluding hydrogens is 317 g/mol. The highest BCUT2D eigenvalue weighted by atomic mass is 127. The van der Waals surface area contributed by atoms with Crippen molar-refractivity contribution >= 4 is 28.5 Å². The van der Waals surface area contributed by atoms with Crippen molar-refractivity contribution in [1.82, 2.24) is 5.32 Å². The number of amides is 1. The minimum atomic E-state index is 0.0283. The maximum atomic E-state index is 11.3. The van der Waals surface area contributed by atoms with Crippen LogP contribution >= 0.6 is 22.6 Å². The average molecular weight is 333 g/mol. The Kier molecular flexibility index (Phi) is 5.59. The lowest BCUT2D eigenvalue weighted by molar-refractivity contribution is -0.122. The van der Waals surface area contributed by atoms with E-state index >= 15 is 0 Å². The van der Waals surface area contributed by atoms with Crippen LogP contribution in [0.25, 0.3) is 0 Å². The molecule has 0 spiro atoms. The molecule has 1 aromatic carbocycles. The monoisotopic (exact) mass is 333 g/mol. The summed E-state index contributed by atoms with van der Waals surface area (Å²) in [5.74, 6) is 0.832. The van der Waals surface area contributed by atoms with Crippen molar-refractivity contribution < 1.29 is 9.53 Å². The first-order valence-electron chi connectivity index (χ1n) is 5.25. The summed E-state index contributed by atoms with van der Waals surface area (Å²) in [6.45, 7) is 4.30. The molecule has 1 amide bonds. The van der Waals surface area contributed by atoms with Crippen LogP contribution in [0.5, 0.6) is 5.75 Å². The third-order valence-corrected chi connectivity index (χ3v) is 2.58. The number of carbonyl (C=O) groups is 1. The van der Waals surface area contributed by atoms with Gasteiger partial charge < -0.3 is 10.1 Å². The standard InChI is InChI=1S/C12H16INO2/c1-9(2)14-12(15)7-8-16-11-5-3-10(13)4-6-11/h3-6,9H,7-8H2,1-2H3,(H,14,15). The molecule has 3 nitrogen and oxygen atoms in total. The molecular formula is C12H16INO2. The van der Waals surface area contributed by atoms with E-state index in [1.165, 1.54) is 3.57 Å². The van der Waals surface area contributed by atoms with Crippen molar-refractivity contribution in [3.05, 3.63) is 27.8 Å². The zero-order valence-corrected chi connectivity index (χ0v) is 11.7. The van der Waals surface area contributed by atoms with Gasteiger partial charge in [0.15, 0.2) is 0 Å². The normalized spacial score (nSPS) is 10.2. The van der Waals surface area contributed by atoms with Gasteiger partial charge in [0.25, 0.3) is 0 Å². The molecule has 4 heteroatoms. The van der Waals surface area contributed by atoms with Gasteiger partial charge in [-0.2, -0.15) is 0 Å². The molecule has 0 heterocycles. The Morgan fingerprint density at radius 2 is 2.00 bits per heavy atom. The molecule has 1 rings (SSSR count). The van der Waals surface area contributed by atoms with Crippen LogP contribution in [0.4, 0.5) is 0 Å². The van der Waals surface area contributed by atoms with Gasteiger partial charge in [-0.05, 0) is 60.7 Å². The molecule has 0 saturated heterocycles. The highest BCUT2D eigenvalue weighted by molar-refractivity contribution is 14.1. The van der Waals surface area contributed by atoms with E-state index in [-0.39, 0.29) is 11.9 Å². The van der Waals surface area contributed by atoms with Crippen LogP contribution in [-0.2, 0) is 4.79 Å². The van der Waals surface area contributed by atoms with E-state index in [9.17, 15) is 4.79 Å². The van der Waals surface area contributed by atoms with Crippen molar-refractivity contribution in [3.8, 4) is 5.75 Å². The van der Waals surface area contributed by atoms with Crippen molar-refractivity contribution in [2.45, 2.75) is 26.3 Å². The minimum absolute atomic E-state index is 0.0283. The molecule has 0 unspecified atom stereocenters. The Labute approximate surface area is 110 Å². The van der Waals surface area contributed by atoms with Crippen LogP contribution in [0, 0.1) is 3.57 Å². The summed E-state index contributed by atoms with van der Waals surface area (Å²) in [5, 5.41) is 2.82. The Morgan fingerprint density at radius 3 is 2.56 bits per heavy atom. The largest absolute Gasteiger partial charge is 0.493 e. The Hall–Kier alpha value is -0.780. The summed E-state index contributed by atoms with van der Waals surface area (Å²) >= 11 is 2.24. The first kappa shape index (κ1) is 13.3.